The van der Waals surface area contributed by atoms with Crippen LogP contribution in [0.25, 0.3) is 5.76 Å². The summed E-state index contributed by atoms with van der Waals surface area (Å²) in [6, 6.07) is 1.84. The molecule has 0 heterocycles. The monoisotopic (exact) mass is 497 g/mol. The van der Waals surface area contributed by atoms with E-state index < -0.39 is 52.0 Å². The number of phenolic OH excluding ortho intramolecular Hbond substituents is 1. The lowest BCUT2D eigenvalue weighted by molar-refractivity contribution is -0.147. The first-order valence-electron chi connectivity index (χ1n) is 11.7. The lowest BCUT2D eigenvalue weighted by Crippen LogP contribution is -2.58. The van der Waals surface area contributed by atoms with E-state index in [1.54, 1.807) is 6.08 Å². The summed E-state index contributed by atoms with van der Waals surface area (Å²) in [5.74, 6) is -6.31. The number of primary amides is 1. The third kappa shape index (κ3) is 3.59. The number of aliphatic hydroxyl groups excluding tert-OH is 2. The fourth-order valence-electron chi connectivity index (χ4n) is 5.82. The molecule has 192 valence electrons. The van der Waals surface area contributed by atoms with Gasteiger partial charge in [0, 0.05) is 56.3 Å². The molecule has 0 saturated heterocycles. The van der Waals surface area contributed by atoms with E-state index in [-0.39, 0.29) is 36.1 Å². The van der Waals surface area contributed by atoms with Crippen LogP contribution < -0.4 is 10.6 Å². The summed E-state index contributed by atoms with van der Waals surface area (Å²) in [7, 11) is 5.51. The van der Waals surface area contributed by atoms with Crippen molar-refractivity contribution in [1.82, 2.24) is 4.90 Å². The number of hydrogen-bond donors (Lipinski definition) is 5. The van der Waals surface area contributed by atoms with Gasteiger partial charge in [0.25, 0.3) is 5.91 Å². The van der Waals surface area contributed by atoms with Gasteiger partial charge >= 0.3 is 0 Å². The van der Waals surface area contributed by atoms with Gasteiger partial charge in [-0.1, -0.05) is 6.08 Å². The van der Waals surface area contributed by atoms with Gasteiger partial charge in [-0.25, -0.2) is 0 Å². The number of rotatable bonds is 6. The number of fused-ring (bicyclic) bond motifs is 3. The van der Waals surface area contributed by atoms with E-state index in [1.165, 1.54) is 0 Å². The molecule has 3 atom stereocenters. The van der Waals surface area contributed by atoms with Crippen LogP contribution in [-0.2, 0) is 27.3 Å². The zero-order valence-electron chi connectivity index (χ0n) is 20.5. The molecule has 3 aliphatic carbocycles. The highest BCUT2D eigenvalue weighted by Crippen LogP contribution is 2.53. The van der Waals surface area contributed by atoms with Gasteiger partial charge in [0.1, 0.15) is 22.8 Å². The number of aliphatic hydroxyl groups is 3. The molecule has 1 fully saturated rings. The molecule has 0 spiro atoms. The van der Waals surface area contributed by atoms with Crippen LogP contribution in [0.3, 0.4) is 0 Å². The Balaban J connectivity index is 1.92. The lowest BCUT2D eigenvalue weighted by Gasteiger charge is -2.46. The number of aromatic hydroxyl groups is 1. The van der Waals surface area contributed by atoms with Crippen molar-refractivity contribution in [3.8, 4) is 5.75 Å². The highest BCUT2D eigenvalue weighted by molar-refractivity contribution is 6.22. The zero-order chi connectivity index (χ0) is 26.7. The molecule has 0 aromatic heterocycles. The summed E-state index contributed by atoms with van der Waals surface area (Å²) < 4.78 is 0. The van der Waals surface area contributed by atoms with E-state index >= 15 is 0 Å². The Morgan fingerprint density at radius 2 is 1.89 bits per heavy atom. The van der Waals surface area contributed by atoms with E-state index in [9.17, 15) is 34.8 Å². The highest BCUT2D eigenvalue weighted by atomic mass is 16.3. The molecule has 36 heavy (non-hydrogen) atoms. The van der Waals surface area contributed by atoms with Crippen LogP contribution in [0.4, 0.5) is 5.69 Å². The van der Waals surface area contributed by atoms with Crippen LogP contribution in [0.5, 0.6) is 5.75 Å². The number of phenols is 1. The Bertz CT molecular complexity index is 1260. The minimum atomic E-state index is -2.57. The fourth-order valence-corrected chi connectivity index (χ4v) is 5.82. The summed E-state index contributed by atoms with van der Waals surface area (Å²) >= 11 is 0. The zero-order valence-corrected chi connectivity index (χ0v) is 20.5. The Morgan fingerprint density at radius 3 is 2.47 bits per heavy atom. The average molecular weight is 498 g/mol. The van der Waals surface area contributed by atoms with Gasteiger partial charge in [-0.2, -0.15) is 0 Å². The van der Waals surface area contributed by atoms with E-state index in [2.05, 4.69) is 6.58 Å². The molecule has 10 heteroatoms. The van der Waals surface area contributed by atoms with Crippen LogP contribution in [0.15, 0.2) is 35.6 Å². The molecule has 4 rings (SSSR count). The van der Waals surface area contributed by atoms with Crippen molar-refractivity contribution in [3.63, 3.8) is 0 Å². The first-order valence-corrected chi connectivity index (χ1v) is 11.7. The summed E-state index contributed by atoms with van der Waals surface area (Å²) in [6.07, 6.45) is 1.74. The molecular formula is C26H31N3O7. The number of nitrogens with zero attached hydrogens (tertiary/aromatic N) is 2. The van der Waals surface area contributed by atoms with Crippen molar-refractivity contribution >= 4 is 28.9 Å². The third-order valence-corrected chi connectivity index (χ3v) is 7.48. The van der Waals surface area contributed by atoms with Gasteiger partial charge in [-0.3, -0.25) is 19.3 Å². The second kappa shape index (κ2) is 8.79. The number of benzene rings is 1. The Kier molecular flexibility index (Phi) is 6.22. The first kappa shape index (κ1) is 25.5. The van der Waals surface area contributed by atoms with Crippen molar-refractivity contribution in [3.05, 3.63) is 52.3 Å². The first-order chi connectivity index (χ1) is 16.8. The SMILES string of the molecule is C=CCN(C)Cc1cc(N(C)C)c2c(c1O)C(O)=C1C(=O)C3(O)C(O)=C(C(N)=O)C(=O)CC3CC1C2. The normalized spacial score (nSPS) is 25.5. The van der Waals surface area contributed by atoms with Crippen LogP contribution >= 0.6 is 0 Å². The molecule has 10 nitrogen and oxygen atoms in total. The quantitative estimate of drug-likeness (QED) is 0.286. The van der Waals surface area contributed by atoms with Crippen LogP contribution in [-0.4, -0.2) is 76.1 Å². The Labute approximate surface area is 208 Å². The maximum Gasteiger partial charge on any atom is 0.255 e. The number of likely N-dealkylation sites (N-methyl/N-ethyl adjacent to an activating group) is 1. The predicted octanol–water partition coefficient (Wildman–Crippen LogP) is 1.11. The standard InChI is InChI=1S/C26H31N3O7/c1-5-6-29(4)11-13-9-16(28(2)3)15-8-12-7-14-10-17(30)20(25(27)35)24(34)26(14,36)23(33)18(12)22(32)19(15)21(13)31/h5,9,12,14,31-32,34,36H,1,6-8,10-11H2,2-4H3,(H2,27,35). The van der Waals surface area contributed by atoms with Crippen molar-refractivity contribution in [2.45, 2.75) is 31.4 Å². The molecule has 0 radical (unpaired) electrons. The molecule has 1 aromatic carbocycles. The minimum absolute atomic E-state index is 0.0929. The summed E-state index contributed by atoms with van der Waals surface area (Å²) in [5.41, 5.74) is 3.71. The molecule has 3 aliphatic rings. The van der Waals surface area contributed by atoms with Gasteiger partial charge in [-0.15, -0.1) is 6.58 Å². The van der Waals surface area contributed by atoms with Gasteiger partial charge in [0.05, 0.1) is 5.56 Å². The number of ketones is 2. The number of hydrogen-bond acceptors (Lipinski definition) is 9. The van der Waals surface area contributed by atoms with Gasteiger partial charge in [0.15, 0.2) is 11.4 Å². The van der Waals surface area contributed by atoms with Crippen LogP contribution in [0, 0.1) is 11.8 Å². The van der Waals surface area contributed by atoms with Gasteiger partial charge in [0.2, 0.25) is 5.78 Å². The molecule has 3 unspecified atom stereocenters. The maximum atomic E-state index is 13.7. The molecule has 0 aliphatic heterocycles. The number of carbonyl (C=O) groups is 3. The van der Waals surface area contributed by atoms with Crippen molar-refractivity contribution in [2.24, 2.45) is 17.6 Å². The van der Waals surface area contributed by atoms with E-state index in [0.717, 1.165) is 5.69 Å². The molecule has 0 bridgehead atoms. The Morgan fingerprint density at radius 1 is 1.22 bits per heavy atom. The van der Waals surface area contributed by atoms with E-state index in [0.29, 0.717) is 24.2 Å². The molecular weight excluding hydrogens is 466 g/mol. The Hall–Kier alpha value is -3.63. The number of carbonyl (C=O) groups excluding carboxylic acids is 3. The van der Waals surface area contributed by atoms with Crippen molar-refractivity contribution in [2.75, 3.05) is 32.6 Å². The summed E-state index contributed by atoms with van der Waals surface area (Å²) in [5, 5.41) is 44.6. The molecule has 6 N–H and O–H groups in total. The number of Topliss-reactive ketones (excluding diaryl/α,β-unsaturated/α-hetero) is 2. The second-order valence-electron chi connectivity index (χ2n) is 10.0. The lowest BCUT2D eigenvalue weighted by atomic mass is 9.59. The average Bonchev–Trinajstić information content (AvgIpc) is 2.77. The van der Waals surface area contributed by atoms with Crippen LogP contribution in [0.1, 0.15) is 29.5 Å². The summed E-state index contributed by atoms with van der Waals surface area (Å²) in [6.45, 7) is 4.61. The van der Waals surface area contributed by atoms with Crippen molar-refractivity contribution < 1.29 is 34.8 Å². The highest BCUT2D eigenvalue weighted by Gasteiger charge is 2.60. The third-order valence-electron chi connectivity index (χ3n) is 7.48. The largest absolute Gasteiger partial charge is 0.508 e. The van der Waals surface area contributed by atoms with E-state index in [4.69, 9.17) is 5.73 Å². The summed E-state index contributed by atoms with van der Waals surface area (Å²) in [4.78, 5) is 41.7. The minimum Gasteiger partial charge on any atom is -0.508 e. The molecule has 1 aromatic rings. The van der Waals surface area contributed by atoms with E-state index in [1.807, 2.05) is 37.0 Å². The number of amides is 1. The topological polar surface area (TPSA) is 165 Å². The van der Waals surface area contributed by atoms with Crippen molar-refractivity contribution in [1.29, 1.82) is 0 Å². The van der Waals surface area contributed by atoms with Gasteiger partial charge < -0.3 is 31.1 Å². The predicted molar refractivity (Wildman–Crippen MR) is 132 cm³/mol. The number of anilines is 1. The number of nitrogens with two attached hydrogens (primary N) is 1. The van der Waals surface area contributed by atoms with Crippen LogP contribution in [0.2, 0.25) is 0 Å². The molecule has 1 saturated carbocycles. The van der Waals surface area contributed by atoms with Gasteiger partial charge in [-0.05, 0) is 37.4 Å². The fraction of sp³-hybridized carbons (Fsp3) is 0.423. The smallest absolute Gasteiger partial charge is 0.255 e. The molecule has 1 amide bonds. The maximum absolute atomic E-state index is 13.7. The second-order valence-corrected chi connectivity index (χ2v) is 10.0.